The van der Waals surface area contributed by atoms with Crippen LogP contribution in [0.5, 0.6) is 0 Å². The van der Waals surface area contributed by atoms with Crippen molar-refractivity contribution in [1.82, 2.24) is 9.69 Å². The number of hydrogen-bond donors (Lipinski definition) is 2. The molecule has 0 fully saturated rings. The minimum atomic E-state index is 0. The standard InChI is InChI=1S/2C5H7BrN2O2.Cu/c2*1-3-5(6)4(2)8(10)7(3)9;/h2*9H,1-2H3;. The molecule has 0 atom stereocenters. The molecular formula is C10H14Br2CuN4O4. The van der Waals surface area contributed by atoms with Crippen LogP contribution in [-0.2, 0) is 17.1 Å². The second-order valence-electron chi connectivity index (χ2n) is 4.09. The third-order valence-corrected chi connectivity index (χ3v) is 5.08. The van der Waals surface area contributed by atoms with Crippen LogP contribution in [0, 0.1) is 38.1 Å². The Morgan fingerprint density at radius 3 is 1.10 bits per heavy atom. The zero-order valence-corrected chi connectivity index (χ0v) is 15.7. The van der Waals surface area contributed by atoms with Gasteiger partial charge < -0.3 is 20.8 Å². The second kappa shape index (κ2) is 7.39. The van der Waals surface area contributed by atoms with Gasteiger partial charge in [-0.15, -0.1) is 0 Å². The quantitative estimate of drug-likeness (QED) is 0.260. The summed E-state index contributed by atoms with van der Waals surface area (Å²) in [6.07, 6.45) is 0. The summed E-state index contributed by atoms with van der Waals surface area (Å²) < 4.78 is 1.29. The zero-order chi connectivity index (χ0) is 15.8. The van der Waals surface area contributed by atoms with Gasteiger partial charge in [-0.2, -0.15) is 0 Å². The summed E-state index contributed by atoms with van der Waals surface area (Å²) >= 11 is 6.30. The van der Waals surface area contributed by atoms with Gasteiger partial charge >= 0.3 is 0 Å². The minimum Gasteiger partial charge on any atom is -0.593 e. The summed E-state index contributed by atoms with van der Waals surface area (Å²) in [5, 5.41) is 39.5. The normalized spacial score (nSPS) is 9.81. The van der Waals surface area contributed by atoms with Gasteiger partial charge in [0.25, 0.3) is 0 Å². The maximum Gasteiger partial charge on any atom is 0.236 e. The molecule has 0 aliphatic rings. The molecule has 0 saturated carbocycles. The Hall–Kier alpha value is -0.901. The van der Waals surface area contributed by atoms with E-state index in [0.29, 0.717) is 51.1 Å². The minimum absolute atomic E-state index is 0. The average Bonchev–Trinajstić information content (AvgIpc) is 2.71. The van der Waals surface area contributed by atoms with Gasteiger partial charge in [-0.05, 0) is 55.4 Å². The fourth-order valence-corrected chi connectivity index (χ4v) is 2.04. The molecule has 123 valence electrons. The topological polar surface area (TPSA) is 104 Å². The van der Waals surface area contributed by atoms with E-state index >= 15 is 0 Å². The van der Waals surface area contributed by atoms with Crippen LogP contribution in [0.1, 0.15) is 22.8 Å². The number of rotatable bonds is 0. The molecule has 0 bridgehead atoms. The number of aromatic nitrogens is 4. The SMILES string of the molecule is Cc1c(Br)c(C)[n+]([O-])n1O.Cc1c(Br)c(C)[n+]([O-])n1O.[Cu]. The third-order valence-electron chi connectivity index (χ3n) is 2.79. The molecule has 0 amide bonds. The number of halogens is 2. The van der Waals surface area contributed by atoms with Crippen molar-refractivity contribution < 1.29 is 37.2 Å². The first kappa shape index (κ1) is 20.1. The summed E-state index contributed by atoms with van der Waals surface area (Å²) in [5.74, 6) is 0. The van der Waals surface area contributed by atoms with Crippen molar-refractivity contribution in [2.24, 2.45) is 0 Å². The molecule has 2 N–H and O–H groups in total. The van der Waals surface area contributed by atoms with E-state index in [0.717, 1.165) is 0 Å². The molecular weight excluding hydrogens is 463 g/mol. The van der Waals surface area contributed by atoms with Crippen LogP contribution in [0.15, 0.2) is 8.95 Å². The van der Waals surface area contributed by atoms with Crippen molar-refractivity contribution in [3.8, 4) is 0 Å². The Labute approximate surface area is 148 Å². The maximum atomic E-state index is 10.8. The van der Waals surface area contributed by atoms with Crippen LogP contribution < -0.4 is 9.69 Å². The predicted octanol–water partition coefficient (Wildman–Crippen LogP) is 1.47. The fraction of sp³-hybridized carbons (Fsp3) is 0.400. The first-order valence-corrected chi connectivity index (χ1v) is 7.02. The fourth-order valence-electron chi connectivity index (χ4n) is 1.42. The molecule has 2 aromatic heterocycles. The van der Waals surface area contributed by atoms with E-state index in [1.54, 1.807) is 27.7 Å². The second-order valence-corrected chi connectivity index (χ2v) is 5.68. The zero-order valence-electron chi connectivity index (χ0n) is 11.6. The average molecular weight is 478 g/mol. The van der Waals surface area contributed by atoms with Crippen molar-refractivity contribution >= 4 is 31.9 Å². The summed E-state index contributed by atoms with van der Waals surface area (Å²) in [5.41, 5.74) is 1.93. The molecule has 0 aromatic carbocycles. The molecule has 11 heteroatoms. The van der Waals surface area contributed by atoms with Crippen LogP contribution in [0.25, 0.3) is 0 Å². The summed E-state index contributed by atoms with van der Waals surface area (Å²) in [6, 6.07) is 0. The van der Waals surface area contributed by atoms with E-state index in [4.69, 9.17) is 10.4 Å². The maximum absolute atomic E-state index is 10.8. The van der Waals surface area contributed by atoms with Crippen LogP contribution in [0.2, 0.25) is 0 Å². The predicted molar refractivity (Wildman–Crippen MR) is 75.5 cm³/mol. The van der Waals surface area contributed by atoms with Gasteiger partial charge in [0.15, 0.2) is 0 Å². The Morgan fingerprint density at radius 1 is 0.810 bits per heavy atom. The van der Waals surface area contributed by atoms with Crippen molar-refractivity contribution in [3.63, 3.8) is 0 Å². The Balaban J connectivity index is 0.000000364. The molecule has 21 heavy (non-hydrogen) atoms. The molecule has 1 radical (unpaired) electrons. The molecule has 8 nitrogen and oxygen atoms in total. The first-order chi connectivity index (χ1) is 9.11. The van der Waals surface area contributed by atoms with Gasteiger partial charge in [-0.1, -0.05) is 0 Å². The van der Waals surface area contributed by atoms with Gasteiger partial charge in [-0.3, -0.25) is 0 Å². The molecule has 0 spiro atoms. The van der Waals surface area contributed by atoms with E-state index < -0.39 is 0 Å². The van der Waals surface area contributed by atoms with E-state index in [1.165, 1.54) is 0 Å². The van der Waals surface area contributed by atoms with Crippen molar-refractivity contribution in [2.75, 3.05) is 0 Å². The van der Waals surface area contributed by atoms with Crippen molar-refractivity contribution in [2.45, 2.75) is 27.7 Å². The van der Waals surface area contributed by atoms with Crippen molar-refractivity contribution in [3.05, 3.63) is 42.1 Å². The van der Waals surface area contributed by atoms with Gasteiger partial charge in [0, 0.05) is 40.6 Å². The molecule has 2 heterocycles. The van der Waals surface area contributed by atoms with Gasteiger partial charge in [0.1, 0.15) is 20.3 Å². The molecule has 0 aliphatic carbocycles. The smallest absolute Gasteiger partial charge is 0.236 e. The Kier molecular flexibility index (Phi) is 7.07. The molecule has 2 aromatic rings. The van der Waals surface area contributed by atoms with Crippen LogP contribution in [0.3, 0.4) is 0 Å². The molecule has 0 aliphatic heterocycles. The van der Waals surface area contributed by atoms with Crippen LogP contribution >= 0.6 is 31.9 Å². The van der Waals surface area contributed by atoms with E-state index in [2.05, 4.69) is 31.9 Å². The summed E-state index contributed by atoms with van der Waals surface area (Å²) in [7, 11) is 0. The Bertz CT molecular complexity index is 440. The molecule has 2 rings (SSSR count). The van der Waals surface area contributed by atoms with E-state index in [-0.39, 0.29) is 17.1 Å². The van der Waals surface area contributed by atoms with Gasteiger partial charge in [0.2, 0.25) is 11.4 Å². The monoisotopic (exact) mass is 475 g/mol. The van der Waals surface area contributed by atoms with Crippen LogP contribution in [-0.4, -0.2) is 20.1 Å². The van der Waals surface area contributed by atoms with E-state index in [1.807, 2.05) is 0 Å². The van der Waals surface area contributed by atoms with Gasteiger partial charge in [0.05, 0.1) is 0 Å². The van der Waals surface area contributed by atoms with Crippen LogP contribution in [0.4, 0.5) is 0 Å². The first-order valence-electron chi connectivity index (χ1n) is 5.44. The number of nitrogens with zero attached hydrogens (tertiary/aromatic N) is 4. The molecule has 0 unspecified atom stereocenters. The summed E-state index contributed by atoms with van der Waals surface area (Å²) in [6.45, 7) is 6.53. The molecule has 0 saturated heterocycles. The number of hydrogen-bond acceptors (Lipinski definition) is 4. The van der Waals surface area contributed by atoms with Gasteiger partial charge in [-0.25, -0.2) is 0 Å². The Morgan fingerprint density at radius 2 is 1.05 bits per heavy atom. The third kappa shape index (κ3) is 3.65. The summed E-state index contributed by atoms with van der Waals surface area (Å²) in [4.78, 5) is 1.94. The van der Waals surface area contributed by atoms with Crippen molar-refractivity contribution in [1.29, 1.82) is 0 Å². The largest absolute Gasteiger partial charge is 0.593 e. The van der Waals surface area contributed by atoms with E-state index in [9.17, 15) is 10.4 Å².